The van der Waals surface area contributed by atoms with E-state index in [1.54, 1.807) is 0 Å². The van der Waals surface area contributed by atoms with Crippen molar-refractivity contribution in [2.45, 2.75) is 64.6 Å². The van der Waals surface area contributed by atoms with Gasteiger partial charge in [0.1, 0.15) is 0 Å². The van der Waals surface area contributed by atoms with Crippen molar-refractivity contribution in [3.05, 3.63) is 21.9 Å². The molecule has 1 aromatic rings. The van der Waals surface area contributed by atoms with E-state index in [1.807, 2.05) is 11.3 Å². The van der Waals surface area contributed by atoms with Crippen molar-refractivity contribution < 1.29 is 4.74 Å². The van der Waals surface area contributed by atoms with Gasteiger partial charge in [-0.3, -0.25) is 0 Å². The molecule has 0 bridgehead atoms. The summed E-state index contributed by atoms with van der Waals surface area (Å²) in [5, 5.41) is 5.90. The van der Waals surface area contributed by atoms with Crippen LogP contribution in [0.2, 0.25) is 0 Å². The fourth-order valence-electron chi connectivity index (χ4n) is 2.77. The Hall–Kier alpha value is -0.380. The molecule has 1 aliphatic heterocycles. The van der Waals surface area contributed by atoms with E-state index in [1.165, 1.54) is 10.4 Å². The van der Waals surface area contributed by atoms with Gasteiger partial charge in [-0.15, -0.1) is 11.3 Å². The standard InChI is InChI=1S/C15H25NOS/c1-4-15(5-2)10-13(6-8-17-15)16-11-14-12(3)7-9-18-14/h7,9,13,16H,4-6,8,10-11H2,1-3H3. The van der Waals surface area contributed by atoms with Crippen LogP contribution in [-0.4, -0.2) is 18.2 Å². The first-order valence-electron chi connectivity index (χ1n) is 7.09. The van der Waals surface area contributed by atoms with Crippen LogP contribution < -0.4 is 5.32 Å². The van der Waals surface area contributed by atoms with Crippen LogP contribution in [0.4, 0.5) is 0 Å². The van der Waals surface area contributed by atoms with Gasteiger partial charge >= 0.3 is 0 Å². The zero-order valence-electron chi connectivity index (χ0n) is 11.8. The second-order valence-corrected chi connectivity index (χ2v) is 6.34. The van der Waals surface area contributed by atoms with Crippen LogP contribution >= 0.6 is 11.3 Å². The summed E-state index contributed by atoms with van der Waals surface area (Å²) in [7, 11) is 0. The van der Waals surface area contributed by atoms with Gasteiger partial charge in [-0.25, -0.2) is 0 Å². The van der Waals surface area contributed by atoms with E-state index in [0.717, 1.165) is 38.8 Å². The molecule has 2 rings (SSSR count). The minimum absolute atomic E-state index is 0.125. The molecule has 2 nitrogen and oxygen atoms in total. The summed E-state index contributed by atoms with van der Waals surface area (Å²) >= 11 is 1.86. The number of hydrogen-bond acceptors (Lipinski definition) is 3. The smallest absolute Gasteiger partial charge is 0.0692 e. The molecule has 0 aliphatic carbocycles. The fraction of sp³-hybridized carbons (Fsp3) is 0.733. The minimum atomic E-state index is 0.125. The number of nitrogens with one attached hydrogen (secondary N) is 1. The van der Waals surface area contributed by atoms with E-state index in [2.05, 4.69) is 37.5 Å². The maximum absolute atomic E-state index is 6.02. The molecule has 0 amide bonds. The lowest BCUT2D eigenvalue weighted by atomic mass is 9.86. The highest BCUT2D eigenvalue weighted by Gasteiger charge is 2.34. The van der Waals surface area contributed by atoms with E-state index in [4.69, 9.17) is 4.74 Å². The number of ether oxygens (including phenoxy) is 1. The molecular weight excluding hydrogens is 242 g/mol. The Balaban J connectivity index is 1.88. The van der Waals surface area contributed by atoms with Crippen molar-refractivity contribution in [2.75, 3.05) is 6.61 Å². The number of thiophene rings is 1. The Morgan fingerprint density at radius 2 is 2.22 bits per heavy atom. The highest BCUT2D eigenvalue weighted by Crippen LogP contribution is 2.31. The minimum Gasteiger partial charge on any atom is -0.375 e. The van der Waals surface area contributed by atoms with Crippen molar-refractivity contribution in [2.24, 2.45) is 0 Å². The van der Waals surface area contributed by atoms with Crippen LogP contribution in [0.25, 0.3) is 0 Å². The molecule has 0 saturated carbocycles. The summed E-state index contributed by atoms with van der Waals surface area (Å²) in [5.41, 5.74) is 1.54. The fourth-order valence-corrected chi connectivity index (χ4v) is 3.62. The Labute approximate surface area is 115 Å². The largest absolute Gasteiger partial charge is 0.375 e. The van der Waals surface area contributed by atoms with Crippen LogP contribution in [0.15, 0.2) is 11.4 Å². The monoisotopic (exact) mass is 267 g/mol. The van der Waals surface area contributed by atoms with E-state index in [-0.39, 0.29) is 5.60 Å². The molecule has 0 spiro atoms. The van der Waals surface area contributed by atoms with Gasteiger partial charge in [0.2, 0.25) is 0 Å². The molecule has 1 saturated heterocycles. The first-order chi connectivity index (χ1) is 8.69. The average molecular weight is 267 g/mol. The van der Waals surface area contributed by atoms with Crippen molar-refractivity contribution in [1.82, 2.24) is 5.32 Å². The van der Waals surface area contributed by atoms with Crippen LogP contribution in [0, 0.1) is 6.92 Å². The van der Waals surface area contributed by atoms with Gasteiger partial charge in [-0.1, -0.05) is 13.8 Å². The molecular formula is C15H25NOS. The summed E-state index contributed by atoms with van der Waals surface area (Å²) in [6.45, 7) is 8.60. The van der Waals surface area contributed by atoms with Gasteiger partial charge in [0, 0.05) is 24.1 Å². The molecule has 0 radical (unpaired) electrons. The Bertz CT molecular complexity index is 370. The molecule has 1 aromatic heterocycles. The lowest BCUT2D eigenvalue weighted by Crippen LogP contribution is -2.46. The molecule has 1 unspecified atom stereocenters. The normalized spacial score (nSPS) is 23.2. The number of hydrogen-bond donors (Lipinski definition) is 1. The second-order valence-electron chi connectivity index (χ2n) is 5.34. The van der Waals surface area contributed by atoms with Gasteiger partial charge in [0.15, 0.2) is 0 Å². The van der Waals surface area contributed by atoms with Gasteiger partial charge < -0.3 is 10.1 Å². The van der Waals surface area contributed by atoms with E-state index >= 15 is 0 Å². The Morgan fingerprint density at radius 3 is 2.83 bits per heavy atom. The molecule has 2 heterocycles. The molecule has 0 aromatic carbocycles. The van der Waals surface area contributed by atoms with Crippen molar-refractivity contribution in [1.29, 1.82) is 0 Å². The van der Waals surface area contributed by atoms with Gasteiger partial charge in [-0.05, 0) is 49.6 Å². The first-order valence-corrected chi connectivity index (χ1v) is 7.97. The number of aryl methyl sites for hydroxylation is 1. The summed E-state index contributed by atoms with van der Waals surface area (Å²) < 4.78 is 6.02. The molecule has 3 heteroatoms. The highest BCUT2D eigenvalue weighted by atomic mass is 32.1. The summed E-state index contributed by atoms with van der Waals surface area (Å²) in [5.74, 6) is 0. The predicted octanol–water partition coefficient (Wildman–Crippen LogP) is 3.88. The Morgan fingerprint density at radius 1 is 1.44 bits per heavy atom. The van der Waals surface area contributed by atoms with E-state index in [9.17, 15) is 0 Å². The van der Waals surface area contributed by atoms with Crippen molar-refractivity contribution >= 4 is 11.3 Å². The van der Waals surface area contributed by atoms with Crippen LogP contribution in [0.3, 0.4) is 0 Å². The van der Waals surface area contributed by atoms with E-state index in [0.29, 0.717) is 6.04 Å². The SMILES string of the molecule is CCC1(CC)CC(NCc2sccc2C)CCO1. The third-order valence-electron chi connectivity index (χ3n) is 4.30. The summed E-state index contributed by atoms with van der Waals surface area (Å²) in [4.78, 5) is 1.47. The predicted molar refractivity (Wildman–Crippen MR) is 78.2 cm³/mol. The lowest BCUT2D eigenvalue weighted by Gasteiger charge is -2.40. The van der Waals surface area contributed by atoms with Crippen molar-refractivity contribution in [3.8, 4) is 0 Å². The summed E-state index contributed by atoms with van der Waals surface area (Å²) in [6, 6.07) is 2.81. The van der Waals surface area contributed by atoms with Crippen molar-refractivity contribution in [3.63, 3.8) is 0 Å². The van der Waals surface area contributed by atoms with Crippen LogP contribution in [-0.2, 0) is 11.3 Å². The summed E-state index contributed by atoms with van der Waals surface area (Å²) in [6.07, 6.45) is 4.55. The molecule has 1 N–H and O–H groups in total. The van der Waals surface area contributed by atoms with Gasteiger partial charge in [0.25, 0.3) is 0 Å². The third-order valence-corrected chi connectivity index (χ3v) is 5.32. The number of rotatable bonds is 5. The van der Waals surface area contributed by atoms with Gasteiger partial charge in [-0.2, -0.15) is 0 Å². The highest BCUT2D eigenvalue weighted by molar-refractivity contribution is 7.10. The van der Waals surface area contributed by atoms with Gasteiger partial charge in [0.05, 0.1) is 5.60 Å². The van der Waals surface area contributed by atoms with Crippen LogP contribution in [0.1, 0.15) is 50.0 Å². The molecule has 1 aliphatic rings. The maximum atomic E-state index is 6.02. The second kappa shape index (κ2) is 6.18. The first kappa shape index (κ1) is 14.0. The zero-order valence-corrected chi connectivity index (χ0v) is 12.6. The topological polar surface area (TPSA) is 21.3 Å². The molecule has 1 fully saturated rings. The molecule has 18 heavy (non-hydrogen) atoms. The zero-order chi connectivity index (χ0) is 13.0. The average Bonchev–Trinajstić information content (AvgIpc) is 2.82. The lowest BCUT2D eigenvalue weighted by molar-refractivity contribution is -0.0931. The Kier molecular flexibility index (Phi) is 4.82. The third kappa shape index (κ3) is 3.14. The van der Waals surface area contributed by atoms with Crippen LogP contribution in [0.5, 0.6) is 0 Å². The van der Waals surface area contributed by atoms with E-state index < -0.39 is 0 Å². The quantitative estimate of drug-likeness (QED) is 0.874. The molecule has 102 valence electrons. The molecule has 1 atom stereocenters. The maximum Gasteiger partial charge on any atom is 0.0692 e.